The zero-order valence-corrected chi connectivity index (χ0v) is 20.8. The molecule has 35 heavy (non-hydrogen) atoms. The zero-order valence-electron chi connectivity index (χ0n) is 20.0. The number of alkyl halides is 6. The van der Waals surface area contributed by atoms with Crippen LogP contribution in [0.25, 0.3) is 22.0 Å². The highest BCUT2D eigenvalue weighted by molar-refractivity contribution is 7.90. The Hall–Kier alpha value is -2.17. The molecule has 0 aliphatic rings. The Labute approximate surface area is 203 Å². The Morgan fingerprint density at radius 1 is 0.971 bits per heavy atom. The summed E-state index contributed by atoms with van der Waals surface area (Å²) in [6.45, 7) is 8.83. The van der Waals surface area contributed by atoms with Crippen LogP contribution in [-0.4, -0.2) is 20.0 Å². The van der Waals surface area contributed by atoms with Gasteiger partial charge in [0.25, 0.3) is 0 Å². The summed E-state index contributed by atoms with van der Waals surface area (Å²) in [5.74, 6) is 0.0607. The fraction of sp³-hybridized carbons (Fsp3) is 0.440. The molecule has 1 N–H and O–H groups in total. The van der Waals surface area contributed by atoms with Crippen molar-refractivity contribution in [3.05, 3.63) is 59.8 Å². The lowest BCUT2D eigenvalue weighted by atomic mass is 9.97. The fourth-order valence-corrected chi connectivity index (χ4v) is 4.66. The lowest BCUT2D eigenvalue weighted by Gasteiger charge is -2.29. The van der Waals surface area contributed by atoms with Crippen molar-refractivity contribution >= 4 is 22.3 Å². The van der Waals surface area contributed by atoms with Gasteiger partial charge in [-0.05, 0) is 49.9 Å². The number of rotatable bonds is 6. The number of fused-ring (bicyclic) bond motifs is 1. The molecule has 0 saturated heterocycles. The molecule has 0 aliphatic heterocycles. The Bertz CT molecular complexity index is 1180. The van der Waals surface area contributed by atoms with Gasteiger partial charge < -0.3 is 9.12 Å². The third-order valence-corrected chi connectivity index (χ3v) is 7.00. The van der Waals surface area contributed by atoms with Gasteiger partial charge in [-0.25, -0.2) is 0 Å². The normalized spacial score (nSPS) is 15.1. The minimum absolute atomic E-state index is 0.0555. The maximum absolute atomic E-state index is 14.2. The van der Waals surface area contributed by atoms with Crippen molar-refractivity contribution in [1.82, 2.24) is 9.29 Å². The molecule has 0 spiro atoms. The van der Waals surface area contributed by atoms with Crippen molar-refractivity contribution in [2.45, 2.75) is 64.3 Å². The number of aromatic nitrogens is 1. The van der Waals surface area contributed by atoms with Crippen molar-refractivity contribution in [2.24, 2.45) is 5.92 Å². The number of halogens is 6. The molecule has 0 fully saturated rings. The lowest BCUT2D eigenvalue weighted by molar-refractivity contribution is -0.152. The zero-order chi connectivity index (χ0) is 26.3. The topological polar surface area (TPSA) is 40.0 Å². The van der Waals surface area contributed by atoms with Crippen LogP contribution in [0.1, 0.15) is 51.8 Å². The van der Waals surface area contributed by atoms with Crippen LogP contribution in [0.2, 0.25) is 0 Å². The van der Waals surface area contributed by atoms with Gasteiger partial charge >= 0.3 is 12.4 Å². The molecule has 192 valence electrons. The average molecular weight is 519 g/mol. The van der Waals surface area contributed by atoms with E-state index in [1.54, 1.807) is 25.3 Å². The highest BCUT2D eigenvalue weighted by atomic mass is 32.2. The molecule has 10 heteroatoms. The predicted molar refractivity (Wildman–Crippen MR) is 127 cm³/mol. The van der Waals surface area contributed by atoms with Crippen LogP contribution < -0.4 is 4.72 Å². The van der Waals surface area contributed by atoms with Gasteiger partial charge in [-0.2, -0.15) is 26.3 Å². The van der Waals surface area contributed by atoms with E-state index >= 15 is 0 Å². The molecule has 0 unspecified atom stereocenters. The molecule has 0 aliphatic carbocycles. The van der Waals surface area contributed by atoms with Crippen LogP contribution in [0, 0.1) is 5.92 Å². The van der Waals surface area contributed by atoms with E-state index in [1.165, 1.54) is 42.6 Å². The Morgan fingerprint density at radius 3 is 2.14 bits per heavy atom. The van der Waals surface area contributed by atoms with E-state index in [9.17, 15) is 30.9 Å². The first-order chi connectivity index (χ1) is 16.0. The van der Waals surface area contributed by atoms with Crippen LogP contribution in [0.15, 0.2) is 48.7 Å². The van der Waals surface area contributed by atoms with Crippen molar-refractivity contribution in [3.8, 4) is 11.1 Å². The van der Waals surface area contributed by atoms with Crippen molar-refractivity contribution in [3.63, 3.8) is 0 Å². The van der Waals surface area contributed by atoms with Gasteiger partial charge in [0, 0.05) is 40.6 Å². The van der Waals surface area contributed by atoms with Gasteiger partial charge in [0.15, 0.2) is 6.04 Å². The maximum Gasteiger partial charge on any atom is 0.417 e. The monoisotopic (exact) mass is 518 g/mol. The number of benzene rings is 2. The van der Waals surface area contributed by atoms with Gasteiger partial charge in [-0.1, -0.05) is 44.2 Å². The molecular weight excluding hydrogens is 490 g/mol. The van der Waals surface area contributed by atoms with E-state index in [4.69, 9.17) is 0 Å². The molecular formula is C25H28F6N2OS. The predicted octanol–water partition coefficient (Wildman–Crippen LogP) is 7.64. The fourth-order valence-electron chi connectivity index (χ4n) is 3.83. The summed E-state index contributed by atoms with van der Waals surface area (Å²) in [6.07, 6.45) is -7.98. The Morgan fingerprint density at radius 2 is 1.60 bits per heavy atom. The van der Waals surface area contributed by atoms with Gasteiger partial charge in [0.2, 0.25) is 0 Å². The summed E-state index contributed by atoms with van der Waals surface area (Å²) in [4.78, 5) is 0. The summed E-state index contributed by atoms with van der Waals surface area (Å²) in [5.41, 5.74) is -0.380. The van der Waals surface area contributed by atoms with Crippen molar-refractivity contribution in [1.29, 1.82) is 0 Å². The van der Waals surface area contributed by atoms with Crippen LogP contribution >= 0.6 is 0 Å². The van der Waals surface area contributed by atoms with E-state index in [-0.39, 0.29) is 28.0 Å². The molecule has 2 aromatic carbocycles. The Balaban J connectivity index is 2.22. The molecule has 1 aromatic heterocycles. The summed E-state index contributed by atoms with van der Waals surface area (Å²) in [7, 11) is 0. The third kappa shape index (κ3) is 6.16. The standard InChI is InChI=1S/C25H28F6N2OS/c1-15(2)13-33-14-19(22(25(29,30)31)32-35(34)23(3,4)5)18-11-10-16(12-21(18)33)17-8-6-7-9-20(17)24(26,27)28/h6-12,14-15,22,32H,13H2,1-5H3/t22-,35-/m0/s1. The lowest BCUT2D eigenvalue weighted by Crippen LogP contribution is -2.45. The highest BCUT2D eigenvalue weighted by Gasteiger charge is 2.47. The van der Waals surface area contributed by atoms with Crippen LogP contribution in [0.3, 0.4) is 0 Å². The highest BCUT2D eigenvalue weighted by Crippen LogP contribution is 2.42. The number of nitrogens with one attached hydrogen (secondary N) is 1. The second kappa shape index (κ2) is 9.71. The number of hydrogen-bond donors (Lipinski definition) is 1. The van der Waals surface area contributed by atoms with Gasteiger partial charge in [-0.3, -0.25) is 0 Å². The van der Waals surface area contributed by atoms with Gasteiger partial charge in [-0.15, -0.1) is 4.72 Å². The summed E-state index contributed by atoms with van der Waals surface area (Å²) in [5, 5.41) is 0.236. The maximum atomic E-state index is 14.2. The smallest absolute Gasteiger partial charge is 0.417 e. The molecule has 0 radical (unpaired) electrons. The van der Waals surface area contributed by atoms with E-state index in [1.807, 2.05) is 13.8 Å². The molecule has 0 amide bonds. The third-order valence-electron chi connectivity index (χ3n) is 5.44. The van der Waals surface area contributed by atoms with E-state index < -0.39 is 40.1 Å². The first-order valence-electron chi connectivity index (χ1n) is 11.0. The number of hydrogen-bond acceptors (Lipinski definition) is 2. The van der Waals surface area contributed by atoms with E-state index in [0.29, 0.717) is 12.1 Å². The summed E-state index contributed by atoms with van der Waals surface area (Å²) < 4.78 is 98.7. The van der Waals surface area contributed by atoms with E-state index in [0.717, 1.165) is 6.07 Å². The molecule has 0 saturated carbocycles. The van der Waals surface area contributed by atoms with Gasteiger partial charge in [0.1, 0.15) is 4.75 Å². The van der Waals surface area contributed by atoms with Crippen molar-refractivity contribution < 1.29 is 30.9 Å². The second-order valence-electron chi connectivity index (χ2n) is 9.88. The summed E-state index contributed by atoms with van der Waals surface area (Å²) in [6, 6.07) is 7.16. The van der Waals surface area contributed by atoms with Crippen LogP contribution in [-0.2, 0) is 24.1 Å². The quantitative estimate of drug-likeness (QED) is 0.269. The van der Waals surface area contributed by atoms with Crippen LogP contribution in [0.5, 0.6) is 0 Å². The first-order valence-corrected chi connectivity index (χ1v) is 12.2. The van der Waals surface area contributed by atoms with Crippen LogP contribution in [0.4, 0.5) is 26.3 Å². The first kappa shape index (κ1) is 27.4. The SMILES string of the molecule is CC(C)Cn1cc([C@H](N[S@@+]([O-])C(C)(C)C)C(F)(F)F)c2ccc(-c3ccccc3C(F)(F)F)cc21. The average Bonchev–Trinajstić information content (AvgIpc) is 3.06. The summed E-state index contributed by atoms with van der Waals surface area (Å²) >= 11 is -2.01. The molecule has 1 heterocycles. The Kier molecular flexibility index (Phi) is 7.60. The largest absolute Gasteiger partial charge is 0.598 e. The van der Waals surface area contributed by atoms with Gasteiger partial charge in [0.05, 0.1) is 5.56 Å². The molecule has 3 nitrogen and oxygen atoms in total. The molecule has 3 aromatic rings. The minimum atomic E-state index is -4.75. The number of nitrogens with zero attached hydrogens (tertiary/aromatic N) is 1. The second-order valence-corrected chi connectivity index (χ2v) is 11.9. The van der Waals surface area contributed by atoms with Crippen molar-refractivity contribution in [2.75, 3.05) is 0 Å². The minimum Gasteiger partial charge on any atom is -0.598 e. The molecule has 3 rings (SSSR count). The molecule has 2 atom stereocenters. The molecule has 0 bridgehead atoms. The van der Waals surface area contributed by atoms with E-state index in [2.05, 4.69) is 4.72 Å².